The van der Waals surface area contributed by atoms with Gasteiger partial charge in [0, 0.05) is 24.1 Å². The second-order valence-electron chi connectivity index (χ2n) is 5.05. The van der Waals surface area contributed by atoms with E-state index in [0.717, 1.165) is 25.0 Å². The summed E-state index contributed by atoms with van der Waals surface area (Å²) in [5, 5.41) is 6.82. The number of rotatable bonds is 8. The second kappa shape index (κ2) is 8.97. The number of amides is 1. The molecule has 0 fully saturated rings. The van der Waals surface area contributed by atoms with Crippen molar-refractivity contribution in [1.29, 1.82) is 0 Å². The van der Waals surface area contributed by atoms with Crippen LogP contribution < -0.4 is 10.6 Å². The quantitative estimate of drug-likeness (QED) is 0.718. The number of hydrogen-bond acceptors (Lipinski definition) is 5. The third-order valence-corrected chi connectivity index (χ3v) is 4.44. The van der Waals surface area contributed by atoms with E-state index in [9.17, 15) is 9.18 Å². The second-order valence-corrected chi connectivity index (χ2v) is 6.13. The number of alkyl halides is 1. The van der Waals surface area contributed by atoms with E-state index in [2.05, 4.69) is 15.6 Å². The topological polar surface area (TPSA) is 63.2 Å². The Balaban J connectivity index is 1.84. The third kappa shape index (κ3) is 5.15. The molecule has 0 aromatic carbocycles. The average molecular weight is 327 g/mol. The van der Waals surface area contributed by atoms with Gasteiger partial charge in [-0.05, 0) is 26.2 Å². The highest BCUT2D eigenvalue weighted by atomic mass is 32.1. The van der Waals surface area contributed by atoms with Crippen molar-refractivity contribution in [2.24, 2.45) is 0 Å². The Bertz CT molecular complexity index is 519. The molecule has 0 radical (unpaired) electrons. The highest BCUT2D eigenvalue weighted by Gasteiger charge is 2.22. The summed E-state index contributed by atoms with van der Waals surface area (Å²) in [6, 6.07) is 0.379. The van der Waals surface area contributed by atoms with Gasteiger partial charge in [0.25, 0.3) is 5.91 Å². The lowest BCUT2D eigenvalue weighted by Crippen LogP contribution is -2.34. The highest BCUT2D eigenvalue weighted by molar-refractivity contribution is 7.15. The van der Waals surface area contributed by atoms with Crippen LogP contribution in [-0.2, 0) is 22.4 Å². The van der Waals surface area contributed by atoms with Crippen LogP contribution in [0, 0.1) is 0 Å². The van der Waals surface area contributed by atoms with Gasteiger partial charge in [-0.2, -0.15) is 0 Å². The van der Waals surface area contributed by atoms with E-state index in [4.69, 9.17) is 4.74 Å². The zero-order valence-corrected chi connectivity index (χ0v) is 13.5. The van der Waals surface area contributed by atoms with Gasteiger partial charge in [0.15, 0.2) is 5.13 Å². The maximum atomic E-state index is 12.0. The van der Waals surface area contributed by atoms with Crippen LogP contribution in [0.2, 0.25) is 0 Å². The van der Waals surface area contributed by atoms with Gasteiger partial charge in [-0.3, -0.25) is 10.1 Å². The van der Waals surface area contributed by atoms with Crippen molar-refractivity contribution < 1.29 is 13.9 Å². The number of anilines is 1. The Morgan fingerprint density at radius 1 is 1.55 bits per heavy atom. The predicted molar refractivity (Wildman–Crippen MR) is 86.2 cm³/mol. The molecule has 2 N–H and O–H groups in total. The van der Waals surface area contributed by atoms with E-state index in [1.165, 1.54) is 22.3 Å². The molecule has 122 valence electrons. The number of nitrogens with zero attached hydrogens (tertiary/aromatic N) is 1. The molecule has 1 aliphatic rings. The molecule has 0 saturated carbocycles. The van der Waals surface area contributed by atoms with E-state index in [1.54, 1.807) is 0 Å². The number of ether oxygens (including phenoxy) is 1. The first-order chi connectivity index (χ1) is 10.7. The van der Waals surface area contributed by atoms with Crippen molar-refractivity contribution in [1.82, 2.24) is 10.3 Å². The van der Waals surface area contributed by atoms with Crippen LogP contribution in [0.25, 0.3) is 0 Å². The Labute approximate surface area is 134 Å². The van der Waals surface area contributed by atoms with Gasteiger partial charge >= 0.3 is 0 Å². The molecule has 1 atom stereocenters. The molecule has 22 heavy (non-hydrogen) atoms. The number of thiazole rings is 1. The molecule has 1 aliphatic carbocycles. The lowest BCUT2D eigenvalue weighted by molar-refractivity contribution is -0.120. The highest BCUT2D eigenvalue weighted by Crippen LogP contribution is 2.29. The molecule has 1 unspecified atom stereocenters. The summed E-state index contributed by atoms with van der Waals surface area (Å²) in [5.74, 6) is -0.168. The zero-order valence-electron chi connectivity index (χ0n) is 12.7. The molecule has 0 bridgehead atoms. The summed E-state index contributed by atoms with van der Waals surface area (Å²) >= 11 is 1.53. The summed E-state index contributed by atoms with van der Waals surface area (Å²) in [4.78, 5) is 17.3. The number of fused-ring (bicyclic) bond motifs is 1. The fourth-order valence-corrected chi connectivity index (χ4v) is 3.44. The molecule has 5 nitrogen and oxygen atoms in total. The van der Waals surface area contributed by atoms with E-state index < -0.39 is 6.67 Å². The fraction of sp³-hybridized carbons (Fsp3) is 0.600. The summed E-state index contributed by atoms with van der Waals surface area (Å²) in [7, 11) is 0. The first-order valence-electron chi connectivity index (χ1n) is 7.53. The molecular weight excluding hydrogens is 305 g/mol. The number of aryl methyl sites for hydroxylation is 1. The van der Waals surface area contributed by atoms with Crippen LogP contribution in [0.15, 0.2) is 12.2 Å². The Morgan fingerprint density at radius 2 is 2.41 bits per heavy atom. The fourth-order valence-electron chi connectivity index (χ4n) is 2.33. The van der Waals surface area contributed by atoms with Gasteiger partial charge in [-0.1, -0.05) is 12.2 Å². The molecule has 1 aromatic rings. The monoisotopic (exact) mass is 327 g/mol. The Kier molecular flexibility index (Phi) is 6.95. The largest absolute Gasteiger partial charge is 0.372 e. The maximum absolute atomic E-state index is 12.0. The lowest BCUT2D eigenvalue weighted by Gasteiger charge is -2.21. The van der Waals surface area contributed by atoms with Crippen molar-refractivity contribution in [2.45, 2.75) is 32.2 Å². The smallest absolute Gasteiger partial charge is 0.252 e. The van der Waals surface area contributed by atoms with Gasteiger partial charge in [0.2, 0.25) is 0 Å². The summed E-state index contributed by atoms with van der Waals surface area (Å²) in [6.45, 7) is 2.69. The molecule has 7 heteroatoms. The third-order valence-electron chi connectivity index (χ3n) is 3.40. The van der Waals surface area contributed by atoms with Crippen LogP contribution >= 0.6 is 11.3 Å². The Morgan fingerprint density at radius 3 is 3.18 bits per heavy atom. The van der Waals surface area contributed by atoms with Crippen LogP contribution in [0.4, 0.5) is 9.52 Å². The predicted octanol–water partition coefficient (Wildman–Crippen LogP) is 2.09. The summed E-state index contributed by atoms with van der Waals surface area (Å²) in [6.07, 6.45) is 6.13. The van der Waals surface area contributed by atoms with Crippen LogP contribution in [0.5, 0.6) is 0 Å². The number of halogens is 1. The van der Waals surface area contributed by atoms with Crippen molar-refractivity contribution in [3.05, 3.63) is 22.7 Å². The van der Waals surface area contributed by atoms with E-state index in [1.807, 2.05) is 13.0 Å². The van der Waals surface area contributed by atoms with Gasteiger partial charge in [0.1, 0.15) is 13.3 Å². The van der Waals surface area contributed by atoms with Crippen molar-refractivity contribution in [3.8, 4) is 0 Å². The first-order valence-corrected chi connectivity index (χ1v) is 8.35. The first kappa shape index (κ1) is 17.1. The zero-order chi connectivity index (χ0) is 15.8. The molecule has 1 heterocycles. The average Bonchev–Trinajstić information content (AvgIpc) is 2.91. The summed E-state index contributed by atoms with van der Waals surface area (Å²) < 4.78 is 17.0. The normalized spacial score (nSPS) is 17.6. The Hall–Kier alpha value is -1.31. The number of carbonyl (C=O) groups excluding carboxylic acids is 1. The SMILES string of the molecule is CCOCC(=O)Nc1nc2c(s1)CC(NCC=CCF)CC2. The number of nitrogens with one attached hydrogen (secondary N) is 2. The van der Waals surface area contributed by atoms with Crippen LogP contribution in [0.3, 0.4) is 0 Å². The van der Waals surface area contributed by atoms with Crippen LogP contribution in [-0.4, -0.2) is 43.4 Å². The minimum absolute atomic E-state index is 0.0613. The molecule has 0 spiro atoms. The molecule has 1 aromatic heterocycles. The number of hydrogen-bond donors (Lipinski definition) is 2. The van der Waals surface area contributed by atoms with Gasteiger partial charge in [0.05, 0.1) is 5.69 Å². The molecule has 0 saturated heterocycles. The number of allylic oxidation sites excluding steroid dienone is 1. The molecular formula is C15H22FN3O2S. The number of carbonyl (C=O) groups is 1. The van der Waals surface area contributed by atoms with Gasteiger partial charge < -0.3 is 10.1 Å². The minimum atomic E-state index is -0.420. The number of aromatic nitrogens is 1. The van der Waals surface area contributed by atoms with Crippen LogP contribution in [0.1, 0.15) is 23.9 Å². The van der Waals surface area contributed by atoms with Gasteiger partial charge in [-0.25, -0.2) is 9.37 Å². The summed E-state index contributed by atoms with van der Waals surface area (Å²) in [5.41, 5.74) is 1.08. The van der Waals surface area contributed by atoms with Crippen molar-refractivity contribution >= 4 is 22.4 Å². The maximum Gasteiger partial charge on any atom is 0.252 e. The van der Waals surface area contributed by atoms with E-state index >= 15 is 0 Å². The lowest BCUT2D eigenvalue weighted by atomic mass is 9.98. The van der Waals surface area contributed by atoms with Crippen molar-refractivity contribution in [2.75, 3.05) is 31.7 Å². The molecule has 1 amide bonds. The molecule has 2 rings (SSSR count). The molecule has 0 aliphatic heterocycles. The van der Waals surface area contributed by atoms with E-state index in [0.29, 0.717) is 24.3 Å². The van der Waals surface area contributed by atoms with E-state index in [-0.39, 0.29) is 12.5 Å². The standard InChI is InChI=1S/C15H22FN3O2S/c1-2-21-10-14(20)19-15-18-12-6-5-11(9-13(12)22-15)17-8-4-3-7-16/h3-4,11,17H,2,5-10H2,1H3,(H,18,19,20). The van der Waals surface area contributed by atoms with Gasteiger partial charge in [-0.15, -0.1) is 11.3 Å². The minimum Gasteiger partial charge on any atom is -0.372 e. The van der Waals surface area contributed by atoms with Crippen molar-refractivity contribution in [3.63, 3.8) is 0 Å².